The number of carbonyl (C=O) groups excluding carboxylic acids is 1. The number of nitrogen functional groups attached to an aromatic ring is 1. The van der Waals surface area contributed by atoms with Gasteiger partial charge in [0.05, 0.1) is 46.6 Å². The van der Waals surface area contributed by atoms with Crippen molar-refractivity contribution in [1.82, 2.24) is 19.4 Å². The zero-order valence-corrected chi connectivity index (χ0v) is 22.3. The second-order valence-corrected chi connectivity index (χ2v) is 9.45. The lowest BCUT2D eigenvalue weighted by Gasteiger charge is -2.38. The van der Waals surface area contributed by atoms with E-state index in [1.807, 2.05) is 40.3 Å². The number of aromatic nitrogens is 2. The molecule has 2 heterocycles. The molecule has 0 saturated carbocycles. The maximum Gasteiger partial charge on any atom is 0.329 e. The van der Waals surface area contributed by atoms with E-state index in [2.05, 4.69) is 10.2 Å². The molecule has 5 N–H and O–H groups in total. The number of imidazole rings is 1. The molecule has 2 atom stereocenters. The molecule has 1 aliphatic rings. The molecule has 1 saturated heterocycles. The number of benzene rings is 2. The van der Waals surface area contributed by atoms with Gasteiger partial charge in [0.25, 0.3) is 5.91 Å². The van der Waals surface area contributed by atoms with Crippen LogP contribution in [0.2, 0.25) is 5.02 Å². The predicted molar refractivity (Wildman–Crippen MR) is 146 cm³/mol. The molecule has 1 fully saturated rings. The second kappa shape index (κ2) is 12.5. The van der Waals surface area contributed by atoms with Crippen LogP contribution in [-0.2, 0) is 17.8 Å². The van der Waals surface area contributed by atoms with Crippen LogP contribution in [-0.4, -0.2) is 71.4 Å². The maximum atomic E-state index is 13.0. The Balaban J connectivity index is 0.00000380. The molecule has 11 heteroatoms. The molecule has 0 radical (unpaired) electrons. The van der Waals surface area contributed by atoms with Gasteiger partial charge in [-0.3, -0.25) is 13.9 Å². The summed E-state index contributed by atoms with van der Waals surface area (Å²) in [6.07, 6.45) is 1.42. The number of ether oxygens (including phenoxy) is 2. The molecule has 202 valence electrons. The third kappa shape index (κ3) is 5.93. The summed E-state index contributed by atoms with van der Waals surface area (Å²) in [5.74, 6) is 0.0985. The summed E-state index contributed by atoms with van der Waals surface area (Å²) in [5.41, 5.74) is 8.51. The van der Waals surface area contributed by atoms with Crippen LogP contribution < -0.4 is 21.5 Å². The maximum absolute atomic E-state index is 13.0. The van der Waals surface area contributed by atoms with Gasteiger partial charge in [-0.05, 0) is 44.5 Å². The molecule has 2 aromatic carbocycles. The second-order valence-electron chi connectivity index (χ2n) is 9.04. The van der Waals surface area contributed by atoms with Crippen LogP contribution in [0.3, 0.4) is 0 Å². The molecule has 1 aromatic heterocycles. The lowest BCUT2D eigenvalue weighted by atomic mass is 10.0. The Morgan fingerprint density at radius 1 is 1.16 bits per heavy atom. The number of rotatable bonds is 9. The molecule has 0 spiro atoms. The fraction of sp³-hybridized carbons (Fsp3) is 0.462. The first-order valence-corrected chi connectivity index (χ1v) is 12.6. The topological polar surface area (TPSA) is 135 Å². The SMILES string of the molecule is CCn1c(=O)n(CCCN2CCC(NC(=O)c3cc(Cl)c(N)cc3OC)C(OC)C2)c2ccccc21.O. The third-order valence-electron chi connectivity index (χ3n) is 6.92. The van der Waals surface area contributed by atoms with Gasteiger partial charge in [0, 0.05) is 39.4 Å². The van der Waals surface area contributed by atoms with Crippen molar-refractivity contribution in [3.05, 3.63) is 57.5 Å². The number of hydrogen-bond acceptors (Lipinski definition) is 6. The minimum atomic E-state index is -0.277. The molecule has 4 rings (SSSR count). The number of anilines is 1. The first-order valence-electron chi connectivity index (χ1n) is 12.2. The number of likely N-dealkylation sites (tertiary alicyclic amines) is 1. The average Bonchev–Trinajstić information content (AvgIpc) is 3.16. The summed E-state index contributed by atoms with van der Waals surface area (Å²) in [6, 6.07) is 10.9. The van der Waals surface area contributed by atoms with Crippen molar-refractivity contribution in [3.63, 3.8) is 0 Å². The van der Waals surface area contributed by atoms with Crippen LogP contribution in [0.15, 0.2) is 41.2 Å². The number of amides is 1. The van der Waals surface area contributed by atoms with Crippen LogP contribution in [0.5, 0.6) is 5.75 Å². The third-order valence-corrected chi connectivity index (χ3v) is 7.25. The van der Waals surface area contributed by atoms with Crippen molar-refractivity contribution in [2.45, 2.75) is 45.0 Å². The summed E-state index contributed by atoms with van der Waals surface area (Å²) >= 11 is 6.13. The number of carbonyl (C=O) groups is 1. The monoisotopic (exact) mass is 533 g/mol. The van der Waals surface area contributed by atoms with Gasteiger partial charge in [-0.25, -0.2) is 4.79 Å². The molecule has 0 bridgehead atoms. The van der Waals surface area contributed by atoms with Gasteiger partial charge in [-0.15, -0.1) is 0 Å². The number of nitrogens with zero attached hydrogens (tertiary/aromatic N) is 3. The average molecular weight is 534 g/mol. The van der Waals surface area contributed by atoms with Crippen LogP contribution in [0.25, 0.3) is 11.0 Å². The lowest BCUT2D eigenvalue weighted by molar-refractivity contribution is 0.00585. The normalized spacial score (nSPS) is 17.9. The highest BCUT2D eigenvalue weighted by molar-refractivity contribution is 6.33. The van der Waals surface area contributed by atoms with Gasteiger partial charge >= 0.3 is 5.69 Å². The fourth-order valence-electron chi connectivity index (χ4n) is 5.00. The number of nitrogens with one attached hydrogen (secondary N) is 1. The summed E-state index contributed by atoms with van der Waals surface area (Å²) in [4.78, 5) is 28.2. The lowest BCUT2D eigenvalue weighted by Crippen LogP contribution is -2.55. The standard InChI is InChI=1S/C26H34ClN5O4.H2O/c1-4-31-21-8-5-6-9-22(21)32(26(31)34)12-7-11-30-13-10-20(24(16-30)36-3)29-25(33)17-14-18(27)19(28)15-23(17)35-2;/h5-6,8-9,14-15,20,24H,4,7,10-13,16,28H2,1-3H3,(H,29,33);1H2. The molecular formula is C26H36ClN5O5. The Labute approximate surface area is 221 Å². The quantitative estimate of drug-likeness (QED) is 0.405. The number of para-hydroxylation sites is 2. The summed E-state index contributed by atoms with van der Waals surface area (Å²) in [6.45, 7) is 5.63. The molecule has 1 aliphatic heterocycles. The largest absolute Gasteiger partial charge is 0.496 e. The first kappa shape index (κ1) is 28.5. The van der Waals surface area contributed by atoms with Crippen LogP contribution in [0.1, 0.15) is 30.1 Å². The van der Waals surface area contributed by atoms with Gasteiger partial charge in [-0.1, -0.05) is 23.7 Å². The Morgan fingerprint density at radius 2 is 1.86 bits per heavy atom. The van der Waals surface area contributed by atoms with Crippen molar-refractivity contribution in [3.8, 4) is 5.75 Å². The van der Waals surface area contributed by atoms with Crippen molar-refractivity contribution in [2.24, 2.45) is 0 Å². The van der Waals surface area contributed by atoms with Crippen molar-refractivity contribution in [2.75, 3.05) is 39.6 Å². The number of aryl methyl sites for hydroxylation is 2. The van der Waals surface area contributed by atoms with E-state index >= 15 is 0 Å². The van der Waals surface area contributed by atoms with Crippen molar-refractivity contribution in [1.29, 1.82) is 0 Å². The number of methoxy groups -OCH3 is 2. The summed E-state index contributed by atoms with van der Waals surface area (Å²) in [7, 11) is 3.15. The van der Waals surface area contributed by atoms with Crippen LogP contribution in [0, 0.1) is 0 Å². The highest BCUT2D eigenvalue weighted by Crippen LogP contribution is 2.29. The fourth-order valence-corrected chi connectivity index (χ4v) is 5.16. The number of halogens is 1. The van der Waals surface area contributed by atoms with Gasteiger partial charge in [0.2, 0.25) is 0 Å². The predicted octanol–water partition coefficient (Wildman–Crippen LogP) is 2.15. The summed E-state index contributed by atoms with van der Waals surface area (Å²) < 4.78 is 14.7. The van der Waals surface area contributed by atoms with E-state index in [-0.39, 0.29) is 29.2 Å². The minimum absolute atomic E-state index is 0. The molecule has 3 aromatic rings. The Kier molecular flexibility index (Phi) is 9.61. The number of fused-ring (bicyclic) bond motifs is 1. The smallest absolute Gasteiger partial charge is 0.329 e. The molecule has 2 unspecified atom stereocenters. The van der Waals surface area contributed by atoms with E-state index in [1.165, 1.54) is 13.2 Å². The molecule has 0 aliphatic carbocycles. The Hall–Kier alpha value is -3.05. The molecular weight excluding hydrogens is 498 g/mol. The molecule has 10 nitrogen and oxygen atoms in total. The Bertz CT molecular complexity index is 1290. The highest BCUT2D eigenvalue weighted by atomic mass is 35.5. The van der Waals surface area contributed by atoms with E-state index in [9.17, 15) is 9.59 Å². The number of hydrogen-bond donors (Lipinski definition) is 2. The van der Waals surface area contributed by atoms with Crippen LogP contribution >= 0.6 is 11.6 Å². The van der Waals surface area contributed by atoms with Gasteiger partial charge in [0.15, 0.2) is 0 Å². The van der Waals surface area contributed by atoms with Crippen molar-refractivity contribution < 1.29 is 19.7 Å². The molecule has 1 amide bonds. The van der Waals surface area contributed by atoms with E-state index in [0.717, 1.165) is 37.0 Å². The van der Waals surface area contributed by atoms with Crippen LogP contribution in [0.4, 0.5) is 5.69 Å². The number of nitrogens with two attached hydrogens (primary N) is 1. The Morgan fingerprint density at radius 3 is 2.51 bits per heavy atom. The van der Waals surface area contributed by atoms with Gasteiger partial charge < -0.3 is 30.9 Å². The first-order chi connectivity index (χ1) is 17.4. The van der Waals surface area contributed by atoms with Gasteiger partial charge in [0.1, 0.15) is 5.75 Å². The van der Waals surface area contributed by atoms with E-state index in [0.29, 0.717) is 41.7 Å². The summed E-state index contributed by atoms with van der Waals surface area (Å²) in [5, 5.41) is 3.38. The zero-order valence-electron chi connectivity index (χ0n) is 21.5. The van der Waals surface area contributed by atoms with Crippen molar-refractivity contribution >= 4 is 34.2 Å². The highest BCUT2D eigenvalue weighted by Gasteiger charge is 2.31. The minimum Gasteiger partial charge on any atom is -0.496 e. The van der Waals surface area contributed by atoms with E-state index in [1.54, 1.807) is 13.2 Å². The van der Waals surface area contributed by atoms with Gasteiger partial charge in [-0.2, -0.15) is 0 Å². The molecule has 37 heavy (non-hydrogen) atoms. The van der Waals surface area contributed by atoms with E-state index < -0.39 is 0 Å². The number of piperidine rings is 1. The zero-order chi connectivity index (χ0) is 25.8. The van der Waals surface area contributed by atoms with E-state index in [4.69, 9.17) is 26.8 Å².